The van der Waals surface area contributed by atoms with Crippen molar-refractivity contribution in [1.82, 2.24) is 0 Å². The van der Waals surface area contributed by atoms with Crippen molar-refractivity contribution in [2.75, 3.05) is 20.8 Å². The van der Waals surface area contributed by atoms with Crippen LogP contribution in [0.5, 0.6) is 0 Å². The lowest BCUT2D eigenvalue weighted by molar-refractivity contribution is -0.373. The molecule has 6 N–H and O–H groups in total. The monoisotopic (exact) mass is 1770 g/mol. The lowest BCUT2D eigenvalue weighted by atomic mass is 9.52. The number of carboxylic acid groups (broad SMARTS) is 2. The van der Waals surface area contributed by atoms with Crippen LogP contribution in [0.3, 0.4) is 0 Å². The largest absolute Gasteiger partial charge is 0.477 e. The fraction of sp³-hybridized carbons (Fsp3) is 0.835. The van der Waals surface area contributed by atoms with E-state index in [2.05, 4.69) is 38.7 Å². The number of aliphatic carboxylic acids is 2. The molecule has 0 aromatic rings. The first kappa shape index (κ1) is 109. The minimum atomic E-state index is -5.67. The number of ether oxygens (including phenoxy) is 6. The molecule has 12 unspecified atom stereocenters. The smallest absolute Gasteiger partial charge is 0.426 e. The Bertz CT molecular complexity index is 3440. The number of Topliss-reactive ketones (excluding diaryl/α,β-unsaturated/α-hetero) is 1. The number of hydrogen-bond acceptors (Lipinski definition) is 18. The Morgan fingerprint density at radius 1 is 0.413 bits per heavy atom. The average Bonchev–Trinajstić information content (AvgIpc) is 1.55. The highest BCUT2D eigenvalue weighted by Crippen LogP contribution is 2.62. The summed E-state index contributed by atoms with van der Waals surface area (Å²) >= 11 is 0. The van der Waals surface area contributed by atoms with Crippen molar-refractivity contribution < 1.29 is 168 Å². The van der Waals surface area contributed by atoms with Crippen LogP contribution >= 0.6 is 0 Å². The number of methoxy groups -OCH3 is 2. The second kappa shape index (κ2) is 41.5. The minimum absolute atomic E-state index is 0.0160. The van der Waals surface area contributed by atoms with Crippen LogP contribution in [0.2, 0.25) is 0 Å². The van der Waals surface area contributed by atoms with E-state index in [9.17, 15) is 119 Å². The third kappa shape index (κ3) is 28.4. The molecule has 0 radical (unpaired) electrons. The van der Waals surface area contributed by atoms with Gasteiger partial charge in [0.1, 0.15) is 12.2 Å². The Balaban J connectivity index is 0.000000363. The van der Waals surface area contributed by atoms with Crippen molar-refractivity contribution in [3.63, 3.8) is 0 Å². The number of rotatable bonds is 25. The molecular formula is C85H128F16O20. The van der Waals surface area contributed by atoms with E-state index >= 15 is 0 Å². The van der Waals surface area contributed by atoms with Gasteiger partial charge in [-0.15, -0.1) is 0 Å². The molecule has 12 bridgehead atoms. The first-order valence-corrected chi connectivity index (χ1v) is 41.1. The van der Waals surface area contributed by atoms with Crippen LogP contribution in [0.4, 0.5) is 70.2 Å². The van der Waals surface area contributed by atoms with Gasteiger partial charge in [0.15, 0.2) is 18.0 Å². The van der Waals surface area contributed by atoms with E-state index in [0.29, 0.717) is 86.2 Å². The molecule has 0 aliphatic heterocycles. The number of carbonyl (C=O) groups is 8. The standard InChI is InChI=1S/C16H26O3.C15H22O3.2C11H14F6O.C11H18F2O4.C9H12F2O4.C7H14O2.C5H8O2/c1-4-14(2,3)13(17)19-16-8-11-5-12(9-16)7-15(18,6-11)10-16;1-10(2)13(16)8-18-15-6-11-3-12(7-15)5-14(17,4-11)9-15;2*12-10(13,14)9(18,11(15,16)17)5-8-4-6-1-2-7(8)3-6;1-5-7(11(12,13)8(14)15)17-9(16)10(3,4)6-2;1-4-6(9(10,11)8(13)14)15-7(12)5(2)3;1-5-7(2,3)6(8)9-4;1-4(2)5(6)7-3/h11-12,18H,4-10H2,1-3H3;11-12,17H,1,3-9H2,2H3;2*6-8,18H,1-5H2;7H,5-6H2,1-4H3,(H,14,15);6H,2,4H2,1,3H3,(H,13,14);5H2,1-4H3;1H2,2-3H3. The van der Waals surface area contributed by atoms with E-state index in [0.717, 1.165) is 83.5 Å². The van der Waals surface area contributed by atoms with Crippen LogP contribution < -0.4 is 0 Å². The maximum Gasteiger partial charge on any atom is 0.426 e. The zero-order valence-electron chi connectivity index (χ0n) is 72.3. The van der Waals surface area contributed by atoms with Crippen LogP contribution in [0.1, 0.15) is 270 Å². The lowest BCUT2D eigenvalue weighted by Gasteiger charge is -2.59. The van der Waals surface area contributed by atoms with Crippen LogP contribution in [0.15, 0.2) is 36.5 Å². The van der Waals surface area contributed by atoms with E-state index in [4.69, 9.17) is 29.9 Å². The molecular weight excluding hydrogens is 1640 g/mol. The van der Waals surface area contributed by atoms with Gasteiger partial charge in [-0.2, -0.15) is 70.2 Å². The average molecular weight is 1770 g/mol. The summed E-state index contributed by atoms with van der Waals surface area (Å²) in [5, 5.41) is 56.1. The lowest BCUT2D eigenvalue weighted by Crippen LogP contribution is -2.61. The molecule has 0 saturated heterocycles. The molecule has 0 spiro atoms. The summed E-state index contributed by atoms with van der Waals surface area (Å²) in [6.45, 7) is 34.1. The van der Waals surface area contributed by atoms with E-state index in [-0.39, 0.29) is 89.0 Å². The maximum atomic E-state index is 13.2. The zero-order valence-corrected chi connectivity index (χ0v) is 72.3. The van der Waals surface area contributed by atoms with Crippen LogP contribution in [0.25, 0.3) is 0 Å². The quantitative estimate of drug-likeness (QED) is 0.0214. The number of carbonyl (C=O) groups excluding carboxylic acids is 6. The van der Waals surface area contributed by atoms with Crippen molar-refractivity contribution in [2.45, 2.75) is 353 Å². The van der Waals surface area contributed by atoms with Gasteiger partial charge in [-0.05, 0) is 275 Å². The molecule has 700 valence electrons. The summed E-state index contributed by atoms with van der Waals surface area (Å²) in [5.41, 5.74) is -11.5. The maximum absolute atomic E-state index is 13.2. The fourth-order valence-electron chi connectivity index (χ4n) is 18.5. The van der Waals surface area contributed by atoms with Gasteiger partial charge >= 0.3 is 78.3 Å². The number of fused-ring (bicyclic) bond motifs is 4. The van der Waals surface area contributed by atoms with Crippen LogP contribution in [-0.2, 0) is 66.8 Å². The van der Waals surface area contributed by atoms with Crippen molar-refractivity contribution in [3.8, 4) is 0 Å². The molecule has 12 rings (SSSR count). The molecule has 0 heterocycles. The third-order valence-corrected chi connectivity index (χ3v) is 26.0. The Kier molecular flexibility index (Phi) is 37.4. The second-order valence-corrected chi connectivity index (χ2v) is 37.3. The van der Waals surface area contributed by atoms with Crippen molar-refractivity contribution in [1.29, 1.82) is 0 Å². The zero-order chi connectivity index (χ0) is 93.8. The van der Waals surface area contributed by atoms with Crippen LogP contribution in [0, 0.1) is 75.4 Å². The van der Waals surface area contributed by atoms with Crippen molar-refractivity contribution in [2.24, 2.45) is 75.4 Å². The molecule has 36 heteroatoms. The summed E-state index contributed by atoms with van der Waals surface area (Å²) in [6.07, 6.45) is -10.8. The Hall–Kier alpha value is -6.14. The topological polar surface area (TPSA) is 313 Å². The van der Waals surface area contributed by atoms with E-state index in [1.54, 1.807) is 34.6 Å². The minimum Gasteiger partial charge on any atom is -0.477 e. The Labute approximate surface area is 698 Å². The van der Waals surface area contributed by atoms with E-state index < -0.39 is 131 Å². The molecule has 12 saturated carbocycles. The first-order valence-electron chi connectivity index (χ1n) is 41.1. The number of halogens is 16. The van der Waals surface area contributed by atoms with E-state index in [1.165, 1.54) is 47.8 Å². The molecule has 121 heavy (non-hydrogen) atoms. The number of hydrogen-bond donors (Lipinski definition) is 6. The molecule has 12 fully saturated rings. The van der Waals surface area contributed by atoms with Gasteiger partial charge < -0.3 is 59.1 Å². The highest BCUT2D eigenvalue weighted by atomic mass is 19.4. The summed E-state index contributed by atoms with van der Waals surface area (Å²) in [6, 6.07) is 0. The highest BCUT2D eigenvalue weighted by Gasteiger charge is 2.73. The molecule has 12 aliphatic rings. The first-order chi connectivity index (χ1) is 54.8. The van der Waals surface area contributed by atoms with Crippen molar-refractivity contribution in [3.05, 3.63) is 36.5 Å². The Morgan fingerprint density at radius 2 is 0.736 bits per heavy atom. The molecule has 0 amide bonds. The van der Waals surface area contributed by atoms with Gasteiger partial charge in [0.25, 0.3) is 11.2 Å². The van der Waals surface area contributed by atoms with Gasteiger partial charge in [-0.3, -0.25) is 19.2 Å². The van der Waals surface area contributed by atoms with Gasteiger partial charge in [0.2, 0.25) is 0 Å². The van der Waals surface area contributed by atoms with Gasteiger partial charge in [0.05, 0.1) is 47.3 Å². The fourth-order valence-corrected chi connectivity index (χ4v) is 18.5. The van der Waals surface area contributed by atoms with E-state index in [1.807, 2.05) is 41.5 Å². The SMILES string of the molecule is C=C(C)C(=O)COC12CC3CC(CC(O)(C3)C1)C2.C=C(C)C(=O)OC.C=C(C)C(=O)OC(CC)C(F)(F)C(=O)O.CCC(C)(C)C(=O)OC.CCC(C)(C)C(=O)OC12CC3CC(CC(O)(C3)C1)C2.CCC(OC(=O)C(C)(C)CC)C(F)(F)C(=O)O.OC(CC1CC2CCC1C2)(C(F)(F)F)C(F)(F)F.OC(CC1CC2CCC1C2)(C(F)(F)F)C(F)(F)F. The number of alkyl halides is 16. The molecule has 0 aromatic heterocycles. The summed E-state index contributed by atoms with van der Waals surface area (Å²) in [7, 11) is 2.75. The molecule has 12 atom stereocenters. The van der Waals surface area contributed by atoms with Gasteiger partial charge in [-0.1, -0.05) is 67.2 Å². The predicted molar refractivity (Wildman–Crippen MR) is 409 cm³/mol. The summed E-state index contributed by atoms with van der Waals surface area (Å²) in [5.74, 6) is -13.9. The number of esters is 5. The number of aliphatic hydroxyl groups is 4. The molecule has 0 aromatic carbocycles. The number of ketones is 1. The summed E-state index contributed by atoms with van der Waals surface area (Å²) in [4.78, 5) is 88.2. The molecule has 20 nitrogen and oxygen atoms in total. The van der Waals surface area contributed by atoms with Crippen molar-refractivity contribution >= 4 is 47.6 Å². The molecule has 12 aliphatic carbocycles. The predicted octanol–water partition coefficient (Wildman–Crippen LogP) is 19.0. The van der Waals surface area contributed by atoms with Gasteiger partial charge in [0, 0.05) is 24.0 Å². The highest BCUT2D eigenvalue weighted by molar-refractivity contribution is 5.95. The normalized spacial score (nSPS) is 28.5. The third-order valence-electron chi connectivity index (χ3n) is 26.0. The number of carboxylic acids is 2. The van der Waals surface area contributed by atoms with Gasteiger partial charge in [-0.25, -0.2) is 19.2 Å². The summed E-state index contributed by atoms with van der Waals surface area (Å²) < 4.78 is 232. The Morgan fingerprint density at radius 3 is 0.983 bits per heavy atom. The van der Waals surface area contributed by atoms with Crippen LogP contribution in [-0.4, -0.2) is 181 Å². The second-order valence-electron chi connectivity index (χ2n) is 37.3.